The first-order valence-electron chi connectivity index (χ1n) is 9.00. The molecule has 3 aromatic rings. The maximum Gasteiger partial charge on any atom is 0.281 e. The van der Waals surface area contributed by atoms with Crippen LogP contribution in [0.2, 0.25) is 0 Å². The van der Waals surface area contributed by atoms with Crippen molar-refractivity contribution in [1.82, 2.24) is 5.43 Å². The van der Waals surface area contributed by atoms with E-state index in [0.29, 0.717) is 21.8 Å². The summed E-state index contributed by atoms with van der Waals surface area (Å²) in [7, 11) is -3.68. The summed E-state index contributed by atoms with van der Waals surface area (Å²) in [4.78, 5) is 14.1. The summed E-state index contributed by atoms with van der Waals surface area (Å²) in [5.74, 6) is -0.269. The molecule has 150 valence electrons. The van der Waals surface area contributed by atoms with Crippen molar-refractivity contribution in [2.45, 2.75) is 25.2 Å². The van der Waals surface area contributed by atoms with Crippen LogP contribution in [0.3, 0.4) is 0 Å². The Labute approximate surface area is 174 Å². The molecule has 6 nitrogen and oxygen atoms in total. The number of nitrogens with one attached hydrogen (secondary N) is 2. The number of benzene rings is 2. The zero-order valence-corrected chi connectivity index (χ0v) is 17.7. The average molecular weight is 428 g/mol. The maximum absolute atomic E-state index is 12.5. The Morgan fingerprint density at radius 1 is 1.03 bits per heavy atom. The van der Waals surface area contributed by atoms with E-state index in [1.165, 1.54) is 23.5 Å². The van der Waals surface area contributed by atoms with Crippen molar-refractivity contribution in [3.05, 3.63) is 82.0 Å². The van der Waals surface area contributed by atoms with Gasteiger partial charge in [-0.15, -0.1) is 11.3 Å². The normalized spacial score (nSPS) is 11.9. The van der Waals surface area contributed by atoms with E-state index < -0.39 is 10.0 Å². The van der Waals surface area contributed by atoms with Gasteiger partial charge in [-0.25, -0.2) is 13.8 Å². The fraction of sp³-hybridized carbons (Fsp3) is 0.143. The van der Waals surface area contributed by atoms with Gasteiger partial charge in [-0.05, 0) is 55.3 Å². The number of carbonyl (C=O) groups is 1. The van der Waals surface area contributed by atoms with Gasteiger partial charge in [-0.2, -0.15) is 5.10 Å². The Morgan fingerprint density at radius 3 is 2.48 bits per heavy atom. The predicted octanol–water partition coefficient (Wildman–Crippen LogP) is 4.27. The lowest BCUT2D eigenvalue weighted by atomic mass is 10.1. The Balaban J connectivity index is 1.72. The molecule has 0 aliphatic heterocycles. The fourth-order valence-electron chi connectivity index (χ4n) is 2.57. The summed E-state index contributed by atoms with van der Waals surface area (Å²) >= 11 is 1.44. The van der Waals surface area contributed by atoms with Crippen LogP contribution in [-0.2, 0) is 16.4 Å². The third kappa shape index (κ3) is 5.30. The van der Waals surface area contributed by atoms with Crippen molar-refractivity contribution in [2.24, 2.45) is 5.10 Å². The second-order valence-corrected chi connectivity index (χ2v) is 9.11. The lowest BCUT2D eigenvalue weighted by molar-refractivity contribution is 0.0959. The highest BCUT2D eigenvalue weighted by atomic mass is 32.2. The van der Waals surface area contributed by atoms with E-state index in [1.54, 1.807) is 55.5 Å². The fourth-order valence-corrected chi connectivity index (χ4v) is 4.47. The van der Waals surface area contributed by atoms with Crippen LogP contribution in [0.1, 0.15) is 34.0 Å². The first-order chi connectivity index (χ1) is 13.9. The third-order valence-corrected chi connectivity index (χ3v) is 6.77. The SMILES string of the molecule is CCc1ccc(C(=O)N/N=C(\C)c2cccc(NS(=O)(=O)c3ccccc3)c2)s1. The molecular formula is C21H21N3O3S2. The molecule has 0 spiro atoms. The van der Waals surface area contributed by atoms with Crippen molar-refractivity contribution in [2.75, 3.05) is 4.72 Å². The topological polar surface area (TPSA) is 87.6 Å². The number of amides is 1. The second-order valence-electron chi connectivity index (χ2n) is 6.26. The van der Waals surface area contributed by atoms with Crippen LogP contribution in [0, 0.1) is 0 Å². The first kappa shape index (κ1) is 20.8. The number of carbonyl (C=O) groups excluding carboxylic acids is 1. The zero-order valence-electron chi connectivity index (χ0n) is 16.0. The number of rotatable bonds is 7. The largest absolute Gasteiger partial charge is 0.281 e. The lowest BCUT2D eigenvalue weighted by Crippen LogP contribution is -2.18. The molecular weight excluding hydrogens is 406 g/mol. The van der Waals surface area contributed by atoms with Crippen LogP contribution >= 0.6 is 11.3 Å². The monoisotopic (exact) mass is 427 g/mol. The molecule has 0 radical (unpaired) electrons. The van der Waals surface area contributed by atoms with Gasteiger partial charge >= 0.3 is 0 Å². The zero-order chi connectivity index (χ0) is 20.9. The molecule has 3 rings (SSSR count). The number of hydrazone groups is 1. The molecule has 8 heteroatoms. The molecule has 0 bridgehead atoms. The summed E-state index contributed by atoms with van der Waals surface area (Å²) < 4.78 is 27.5. The van der Waals surface area contributed by atoms with Gasteiger partial charge in [0.05, 0.1) is 15.5 Å². The number of hydrogen-bond acceptors (Lipinski definition) is 5. The number of hydrogen-bond donors (Lipinski definition) is 2. The number of thiophene rings is 1. The molecule has 2 aromatic carbocycles. The standard InChI is InChI=1S/C21H21N3O3S2/c1-3-18-12-13-20(28-18)21(25)23-22-15(2)16-8-7-9-17(14-16)24-29(26,27)19-10-5-4-6-11-19/h4-14,24H,3H2,1-2H3,(H,23,25)/b22-15+. The van der Waals surface area contributed by atoms with E-state index in [2.05, 4.69) is 15.2 Å². The van der Waals surface area contributed by atoms with Crippen molar-refractivity contribution in [1.29, 1.82) is 0 Å². The Kier molecular flexibility index (Phi) is 6.46. The minimum Gasteiger partial charge on any atom is -0.280 e. The van der Waals surface area contributed by atoms with Gasteiger partial charge in [-0.3, -0.25) is 9.52 Å². The van der Waals surface area contributed by atoms with Gasteiger partial charge in [-0.1, -0.05) is 37.3 Å². The molecule has 0 fully saturated rings. The van der Waals surface area contributed by atoms with Gasteiger partial charge in [0.15, 0.2) is 0 Å². The summed E-state index contributed by atoms with van der Waals surface area (Å²) in [6, 6.07) is 18.7. The summed E-state index contributed by atoms with van der Waals surface area (Å²) in [5, 5.41) is 4.15. The molecule has 29 heavy (non-hydrogen) atoms. The average Bonchev–Trinajstić information content (AvgIpc) is 3.22. The molecule has 0 unspecified atom stereocenters. The highest BCUT2D eigenvalue weighted by Gasteiger charge is 2.14. The number of sulfonamides is 1. The highest BCUT2D eigenvalue weighted by molar-refractivity contribution is 7.92. The van der Waals surface area contributed by atoms with Crippen LogP contribution in [0.25, 0.3) is 0 Å². The van der Waals surface area contributed by atoms with E-state index in [9.17, 15) is 13.2 Å². The van der Waals surface area contributed by atoms with Crippen molar-refractivity contribution in [3.8, 4) is 0 Å². The van der Waals surface area contributed by atoms with Gasteiger partial charge in [0.25, 0.3) is 15.9 Å². The molecule has 1 amide bonds. The van der Waals surface area contributed by atoms with E-state index in [1.807, 2.05) is 13.0 Å². The lowest BCUT2D eigenvalue weighted by Gasteiger charge is -2.09. The number of anilines is 1. The summed E-state index contributed by atoms with van der Waals surface area (Å²) in [5.41, 5.74) is 4.22. The molecule has 1 heterocycles. The van der Waals surface area contributed by atoms with E-state index >= 15 is 0 Å². The third-order valence-electron chi connectivity index (χ3n) is 4.15. The van der Waals surface area contributed by atoms with Crippen LogP contribution in [0.4, 0.5) is 5.69 Å². The second kappa shape index (κ2) is 9.02. The maximum atomic E-state index is 12.5. The Bertz CT molecular complexity index is 1140. The van der Waals surface area contributed by atoms with Crippen LogP contribution in [0.15, 0.2) is 76.7 Å². The van der Waals surface area contributed by atoms with Gasteiger partial charge < -0.3 is 0 Å². The molecule has 0 atom stereocenters. The van der Waals surface area contributed by atoms with Crippen molar-refractivity contribution >= 4 is 38.7 Å². The first-order valence-corrected chi connectivity index (χ1v) is 11.3. The highest BCUT2D eigenvalue weighted by Crippen LogP contribution is 2.18. The summed E-state index contributed by atoms with van der Waals surface area (Å²) in [6.45, 7) is 3.78. The van der Waals surface area contributed by atoms with Crippen LogP contribution in [-0.4, -0.2) is 20.0 Å². The molecule has 2 N–H and O–H groups in total. The van der Waals surface area contributed by atoms with Gasteiger partial charge in [0.1, 0.15) is 0 Å². The molecule has 1 aromatic heterocycles. The Hall–Kier alpha value is -2.97. The van der Waals surface area contributed by atoms with Gasteiger partial charge in [0.2, 0.25) is 0 Å². The predicted molar refractivity (Wildman–Crippen MR) is 117 cm³/mol. The Morgan fingerprint density at radius 2 is 1.79 bits per heavy atom. The van der Waals surface area contributed by atoms with Gasteiger partial charge in [0, 0.05) is 10.6 Å². The van der Waals surface area contributed by atoms with E-state index in [-0.39, 0.29) is 10.8 Å². The molecule has 0 aliphatic rings. The van der Waals surface area contributed by atoms with Crippen LogP contribution < -0.4 is 10.1 Å². The molecule has 0 aliphatic carbocycles. The van der Waals surface area contributed by atoms with E-state index in [4.69, 9.17) is 0 Å². The number of nitrogens with zero attached hydrogens (tertiary/aromatic N) is 1. The summed E-state index contributed by atoms with van der Waals surface area (Å²) in [6.07, 6.45) is 0.881. The minimum absolute atomic E-state index is 0.186. The number of aryl methyl sites for hydroxylation is 1. The van der Waals surface area contributed by atoms with Crippen molar-refractivity contribution < 1.29 is 13.2 Å². The smallest absolute Gasteiger partial charge is 0.280 e. The molecule has 0 saturated heterocycles. The minimum atomic E-state index is -3.68. The van der Waals surface area contributed by atoms with Crippen molar-refractivity contribution in [3.63, 3.8) is 0 Å². The van der Waals surface area contributed by atoms with Crippen LogP contribution in [0.5, 0.6) is 0 Å². The molecule has 0 saturated carbocycles. The quantitative estimate of drug-likeness (QED) is 0.436. The van der Waals surface area contributed by atoms with E-state index in [0.717, 1.165) is 11.3 Å².